The van der Waals surface area contributed by atoms with Gasteiger partial charge in [-0.3, -0.25) is 9.78 Å². The lowest BCUT2D eigenvalue weighted by Crippen LogP contribution is -2.31. The Kier molecular flexibility index (Phi) is 5.56. The lowest BCUT2D eigenvalue weighted by Gasteiger charge is -2.15. The maximum absolute atomic E-state index is 12.1. The molecule has 0 bridgehead atoms. The highest BCUT2D eigenvalue weighted by Crippen LogP contribution is 2.06. The minimum absolute atomic E-state index is 0.148. The van der Waals surface area contributed by atoms with E-state index in [4.69, 9.17) is 16.3 Å². The molecule has 0 spiro atoms. The van der Waals surface area contributed by atoms with Gasteiger partial charge >= 0.3 is 0 Å². The lowest BCUT2D eigenvalue weighted by molar-refractivity contribution is 0.0794. The van der Waals surface area contributed by atoms with Crippen LogP contribution in [0.1, 0.15) is 15.9 Å². The maximum Gasteiger partial charge on any atom is 0.257 e. The van der Waals surface area contributed by atoms with Crippen molar-refractivity contribution in [1.82, 2.24) is 9.88 Å². The molecule has 0 fully saturated rings. The van der Waals surface area contributed by atoms with Crippen molar-refractivity contribution < 1.29 is 4.79 Å². The fourth-order valence-electron chi connectivity index (χ4n) is 1.33. The summed E-state index contributed by atoms with van der Waals surface area (Å²) >= 11 is 0. The van der Waals surface area contributed by atoms with Gasteiger partial charge in [0.25, 0.3) is 5.91 Å². The fourth-order valence-corrected chi connectivity index (χ4v) is 1.33. The number of nitrogens with zero attached hydrogens (tertiary/aromatic N) is 4. The highest BCUT2D eigenvalue weighted by atomic mass is 16.2. The summed E-state index contributed by atoms with van der Waals surface area (Å²) in [5.41, 5.74) is 6.11. The number of carbonyl (C=O) groups is 1. The quantitative estimate of drug-likeness (QED) is 0.597. The summed E-state index contributed by atoms with van der Waals surface area (Å²) in [5.74, 6) is 5.00. The SMILES string of the molecule is N#CCN(CC#N)C(=O)c1cncc(C#CCN)c1. The van der Waals surface area contributed by atoms with Gasteiger partial charge in [0.2, 0.25) is 0 Å². The fraction of sp³-hybridized carbons (Fsp3) is 0.231. The normalized spacial score (nSPS) is 8.58. The topological polar surface area (TPSA) is 107 Å². The van der Waals surface area contributed by atoms with Crippen LogP contribution in [0.4, 0.5) is 0 Å². The smallest absolute Gasteiger partial charge is 0.257 e. The second-order valence-corrected chi connectivity index (χ2v) is 3.45. The van der Waals surface area contributed by atoms with Gasteiger partial charge in [0.05, 0.1) is 24.2 Å². The third-order valence-electron chi connectivity index (χ3n) is 2.13. The highest BCUT2D eigenvalue weighted by Gasteiger charge is 2.15. The van der Waals surface area contributed by atoms with E-state index in [1.54, 1.807) is 6.07 Å². The van der Waals surface area contributed by atoms with Crippen molar-refractivity contribution in [2.24, 2.45) is 5.73 Å². The van der Waals surface area contributed by atoms with Gasteiger partial charge in [-0.15, -0.1) is 0 Å². The van der Waals surface area contributed by atoms with Crippen LogP contribution in [0.15, 0.2) is 18.5 Å². The van der Waals surface area contributed by atoms with Gasteiger partial charge in [-0.1, -0.05) is 11.8 Å². The predicted molar refractivity (Wildman–Crippen MR) is 67.3 cm³/mol. The number of nitriles is 2. The molecule has 1 rings (SSSR count). The number of carbonyl (C=O) groups excluding carboxylic acids is 1. The van der Waals surface area contributed by atoms with Crippen LogP contribution in [0.3, 0.4) is 0 Å². The van der Waals surface area contributed by atoms with Gasteiger partial charge in [-0.25, -0.2) is 0 Å². The van der Waals surface area contributed by atoms with Crippen LogP contribution in [0.5, 0.6) is 0 Å². The number of aromatic nitrogens is 1. The zero-order valence-electron chi connectivity index (χ0n) is 10.1. The van der Waals surface area contributed by atoms with Gasteiger partial charge in [0, 0.05) is 18.0 Å². The summed E-state index contributed by atoms with van der Waals surface area (Å²) in [6.07, 6.45) is 2.88. The first kappa shape index (κ1) is 14.2. The summed E-state index contributed by atoms with van der Waals surface area (Å²) in [6.45, 7) is -0.0800. The molecule has 6 heteroatoms. The van der Waals surface area contributed by atoms with E-state index < -0.39 is 5.91 Å². The molecule has 2 N–H and O–H groups in total. The molecule has 0 aromatic carbocycles. The molecule has 1 amide bonds. The third kappa shape index (κ3) is 4.12. The van der Waals surface area contributed by atoms with E-state index in [2.05, 4.69) is 16.8 Å². The number of hydrogen-bond donors (Lipinski definition) is 1. The van der Waals surface area contributed by atoms with Gasteiger partial charge < -0.3 is 10.6 Å². The molecule has 19 heavy (non-hydrogen) atoms. The first-order valence-corrected chi connectivity index (χ1v) is 5.40. The Bertz CT molecular complexity index is 584. The zero-order chi connectivity index (χ0) is 14.1. The monoisotopic (exact) mass is 253 g/mol. The van der Waals surface area contributed by atoms with Crippen LogP contribution in [0.2, 0.25) is 0 Å². The third-order valence-corrected chi connectivity index (χ3v) is 2.13. The van der Waals surface area contributed by atoms with Gasteiger partial charge in [-0.2, -0.15) is 10.5 Å². The molecule has 1 aromatic rings. The van der Waals surface area contributed by atoms with Crippen LogP contribution in [0.25, 0.3) is 0 Å². The first-order chi connectivity index (χ1) is 9.22. The van der Waals surface area contributed by atoms with Crippen molar-refractivity contribution in [2.45, 2.75) is 0 Å². The molecule has 0 radical (unpaired) electrons. The molecule has 0 saturated heterocycles. The van der Waals surface area contributed by atoms with E-state index in [-0.39, 0.29) is 25.2 Å². The molecule has 0 saturated carbocycles. The molecule has 0 aliphatic rings. The van der Waals surface area contributed by atoms with Crippen LogP contribution in [-0.4, -0.2) is 35.4 Å². The van der Waals surface area contributed by atoms with Gasteiger partial charge in [0.15, 0.2) is 0 Å². The highest BCUT2D eigenvalue weighted by molar-refractivity contribution is 5.94. The Balaban J connectivity index is 2.99. The first-order valence-electron chi connectivity index (χ1n) is 5.40. The van der Waals surface area contributed by atoms with Crippen molar-refractivity contribution in [2.75, 3.05) is 19.6 Å². The van der Waals surface area contributed by atoms with E-state index in [9.17, 15) is 4.79 Å². The van der Waals surface area contributed by atoms with E-state index >= 15 is 0 Å². The predicted octanol–water partition coefficient (Wildman–Crippen LogP) is -0.119. The van der Waals surface area contributed by atoms with Crippen molar-refractivity contribution in [3.63, 3.8) is 0 Å². The molecular formula is C13H11N5O. The van der Waals surface area contributed by atoms with Crippen molar-refractivity contribution in [3.8, 4) is 24.0 Å². The molecule has 0 aliphatic carbocycles. The number of rotatable bonds is 3. The van der Waals surface area contributed by atoms with E-state index in [0.717, 1.165) is 4.90 Å². The van der Waals surface area contributed by atoms with E-state index in [1.807, 2.05) is 12.1 Å². The molecular weight excluding hydrogens is 242 g/mol. The Morgan fingerprint density at radius 1 is 1.32 bits per heavy atom. The largest absolute Gasteiger partial charge is 0.320 e. The molecule has 0 aliphatic heterocycles. The summed E-state index contributed by atoms with van der Waals surface area (Å²) in [4.78, 5) is 17.1. The number of hydrogen-bond acceptors (Lipinski definition) is 5. The number of nitrogens with two attached hydrogens (primary N) is 1. The lowest BCUT2D eigenvalue weighted by atomic mass is 10.2. The Morgan fingerprint density at radius 3 is 2.58 bits per heavy atom. The Hall–Kier alpha value is -2.88. The van der Waals surface area contributed by atoms with Crippen LogP contribution in [0, 0.1) is 34.5 Å². The molecule has 6 nitrogen and oxygen atoms in total. The van der Waals surface area contributed by atoms with Crippen molar-refractivity contribution in [1.29, 1.82) is 10.5 Å². The average Bonchev–Trinajstić information content (AvgIpc) is 2.44. The number of pyridine rings is 1. The second kappa shape index (κ2) is 7.45. The van der Waals surface area contributed by atoms with E-state index in [1.165, 1.54) is 12.4 Å². The van der Waals surface area contributed by atoms with Crippen LogP contribution < -0.4 is 5.73 Å². The Morgan fingerprint density at radius 2 is 2.00 bits per heavy atom. The molecule has 94 valence electrons. The van der Waals surface area contributed by atoms with Gasteiger partial charge in [0.1, 0.15) is 13.1 Å². The van der Waals surface area contributed by atoms with E-state index in [0.29, 0.717) is 5.56 Å². The van der Waals surface area contributed by atoms with Crippen LogP contribution >= 0.6 is 0 Å². The second-order valence-electron chi connectivity index (χ2n) is 3.45. The molecule has 1 aromatic heterocycles. The number of amides is 1. The zero-order valence-corrected chi connectivity index (χ0v) is 10.1. The Labute approximate surface area is 111 Å². The standard InChI is InChI=1S/C13H11N5O/c14-3-1-2-11-8-12(10-17-9-11)13(19)18(6-4-15)7-5-16/h8-10H,3,6-7,14H2. The summed E-state index contributed by atoms with van der Waals surface area (Å²) < 4.78 is 0. The van der Waals surface area contributed by atoms with Crippen molar-refractivity contribution in [3.05, 3.63) is 29.6 Å². The molecule has 1 heterocycles. The molecule has 0 unspecified atom stereocenters. The minimum atomic E-state index is -0.424. The van der Waals surface area contributed by atoms with Crippen molar-refractivity contribution >= 4 is 5.91 Å². The summed E-state index contributed by atoms with van der Waals surface area (Å²) in [6, 6.07) is 5.24. The molecule has 0 atom stereocenters. The maximum atomic E-state index is 12.1. The average molecular weight is 253 g/mol. The van der Waals surface area contributed by atoms with Gasteiger partial charge in [-0.05, 0) is 6.07 Å². The summed E-state index contributed by atoms with van der Waals surface area (Å²) in [7, 11) is 0. The summed E-state index contributed by atoms with van der Waals surface area (Å²) in [5, 5.41) is 17.2. The van der Waals surface area contributed by atoms with Crippen LogP contribution in [-0.2, 0) is 0 Å². The minimum Gasteiger partial charge on any atom is -0.320 e.